The summed E-state index contributed by atoms with van der Waals surface area (Å²) in [5, 5.41) is 2.98. The lowest BCUT2D eigenvalue weighted by atomic mass is 9.92. The van der Waals surface area contributed by atoms with Gasteiger partial charge in [-0.05, 0) is 61.7 Å². The van der Waals surface area contributed by atoms with E-state index >= 15 is 0 Å². The summed E-state index contributed by atoms with van der Waals surface area (Å²) in [6.07, 6.45) is -11.5. The number of nitrogens with zero attached hydrogens (tertiary/aromatic N) is 1. The molecule has 37 heavy (non-hydrogen) atoms. The summed E-state index contributed by atoms with van der Waals surface area (Å²) in [5.74, 6) is 0. The largest absolute Gasteiger partial charge is 0.449 e. The minimum atomic E-state index is -4.97. The van der Waals surface area contributed by atoms with E-state index in [9.17, 15) is 35.9 Å². The maximum atomic E-state index is 13.0. The van der Waals surface area contributed by atoms with Crippen molar-refractivity contribution in [1.29, 1.82) is 0 Å². The van der Waals surface area contributed by atoms with Crippen molar-refractivity contribution in [3.8, 4) is 0 Å². The van der Waals surface area contributed by atoms with Crippen molar-refractivity contribution in [2.24, 2.45) is 0 Å². The maximum absolute atomic E-state index is 13.0. The first-order valence-electron chi connectivity index (χ1n) is 11.2. The highest BCUT2D eigenvalue weighted by molar-refractivity contribution is 6.31. The molecule has 2 aromatic carbocycles. The molecule has 2 atom stereocenters. The summed E-state index contributed by atoms with van der Waals surface area (Å²) in [6, 6.07) is 4.95. The Labute approximate surface area is 213 Å². The van der Waals surface area contributed by atoms with Gasteiger partial charge in [0, 0.05) is 17.5 Å². The average Bonchev–Trinajstić information content (AvgIpc) is 2.77. The molecule has 1 heterocycles. The monoisotopic (exact) mass is 552 g/mol. The lowest BCUT2D eigenvalue weighted by Gasteiger charge is -2.38. The number of carbonyl (C=O) groups is 2. The summed E-state index contributed by atoms with van der Waals surface area (Å²) < 4.78 is 88.4. The van der Waals surface area contributed by atoms with Gasteiger partial charge in [-0.3, -0.25) is 4.90 Å². The fraction of sp³-hybridized carbons (Fsp3) is 0.417. The number of ether oxygens (including phenoxy) is 2. The summed E-state index contributed by atoms with van der Waals surface area (Å²) in [6.45, 7) is 3.10. The number of alkyl carbamates (subject to hydrolysis) is 1. The normalized spacial score (nSPS) is 17.7. The standard InChI is InChI=1S/C24H23ClF6N2O4/c1-3-36-22(35)33-13(2)8-19(18-5-4-17(25)12-20(18)33)32-21(34)37-7-6-14-9-15(23(26,27)28)11-16(10-14)24(29,30)31/h4-5,9-13,19H,3,6-8H2,1-2H3,(H,32,34)/t13-,19+/m1/s1. The van der Waals surface area contributed by atoms with Gasteiger partial charge in [-0.25, -0.2) is 9.59 Å². The minimum absolute atomic E-state index is 0.0323. The second kappa shape index (κ2) is 11.1. The lowest BCUT2D eigenvalue weighted by Crippen LogP contribution is -2.46. The van der Waals surface area contributed by atoms with E-state index in [1.54, 1.807) is 32.0 Å². The molecule has 13 heteroatoms. The molecule has 0 radical (unpaired) electrons. The number of halogens is 7. The molecule has 0 aromatic heterocycles. The Bertz CT molecular complexity index is 1120. The molecule has 0 saturated carbocycles. The molecule has 0 aliphatic carbocycles. The van der Waals surface area contributed by atoms with Crippen molar-refractivity contribution in [2.75, 3.05) is 18.1 Å². The number of alkyl halides is 6. The van der Waals surface area contributed by atoms with E-state index in [-0.39, 0.29) is 31.1 Å². The first-order chi connectivity index (χ1) is 17.2. The first kappa shape index (κ1) is 28.4. The molecule has 6 nitrogen and oxygen atoms in total. The number of carbonyl (C=O) groups excluding carboxylic acids is 2. The number of hydrogen-bond donors (Lipinski definition) is 1. The molecule has 1 aliphatic rings. The summed E-state index contributed by atoms with van der Waals surface area (Å²) in [5.41, 5.74) is -2.19. The van der Waals surface area contributed by atoms with Gasteiger partial charge in [0.15, 0.2) is 0 Å². The van der Waals surface area contributed by atoms with Crippen molar-refractivity contribution in [3.05, 3.63) is 63.7 Å². The highest BCUT2D eigenvalue weighted by Gasteiger charge is 2.37. The van der Waals surface area contributed by atoms with Crippen LogP contribution in [0.3, 0.4) is 0 Å². The van der Waals surface area contributed by atoms with E-state index in [2.05, 4.69) is 5.32 Å². The van der Waals surface area contributed by atoms with Crippen LogP contribution >= 0.6 is 11.6 Å². The Balaban J connectivity index is 1.70. The molecule has 0 spiro atoms. The summed E-state index contributed by atoms with van der Waals surface area (Å²) in [7, 11) is 0. The number of benzene rings is 2. The molecule has 0 bridgehead atoms. The fourth-order valence-electron chi connectivity index (χ4n) is 4.05. The van der Waals surface area contributed by atoms with Crippen LogP contribution in [0.5, 0.6) is 0 Å². The highest BCUT2D eigenvalue weighted by atomic mass is 35.5. The third kappa shape index (κ3) is 7.00. The van der Waals surface area contributed by atoms with Gasteiger partial charge in [0.25, 0.3) is 0 Å². The highest BCUT2D eigenvalue weighted by Crippen LogP contribution is 2.39. The van der Waals surface area contributed by atoms with Crippen molar-refractivity contribution >= 4 is 29.5 Å². The van der Waals surface area contributed by atoms with Crippen LogP contribution < -0.4 is 10.2 Å². The number of rotatable bonds is 5. The van der Waals surface area contributed by atoms with Crippen LogP contribution in [0.1, 0.15) is 48.6 Å². The SMILES string of the molecule is CCOC(=O)N1c2cc(Cl)ccc2[C@@H](NC(=O)OCCc2cc(C(F)(F)F)cc(C(F)(F)F)c2)C[C@H]1C. The molecular weight excluding hydrogens is 530 g/mol. The van der Waals surface area contributed by atoms with Crippen molar-refractivity contribution in [3.63, 3.8) is 0 Å². The smallest absolute Gasteiger partial charge is 0.416 e. The number of hydrogen-bond acceptors (Lipinski definition) is 4. The summed E-state index contributed by atoms with van der Waals surface area (Å²) in [4.78, 5) is 26.3. The van der Waals surface area contributed by atoms with Crippen LogP contribution in [0.4, 0.5) is 41.6 Å². The predicted molar refractivity (Wildman–Crippen MR) is 122 cm³/mol. The zero-order chi connectivity index (χ0) is 27.5. The van der Waals surface area contributed by atoms with E-state index in [4.69, 9.17) is 21.1 Å². The topological polar surface area (TPSA) is 67.9 Å². The second-order valence-corrected chi connectivity index (χ2v) is 8.79. The summed E-state index contributed by atoms with van der Waals surface area (Å²) >= 11 is 6.10. The van der Waals surface area contributed by atoms with Crippen LogP contribution in [0, 0.1) is 0 Å². The quantitative estimate of drug-likeness (QED) is 0.400. The third-order valence-corrected chi connectivity index (χ3v) is 5.91. The third-order valence-electron chi connectivity index (χ3n) is 5.67. The Kier molecular flexibility index (Phi) is 8.51. The van der Waals surface area contributed by atoms with Gasteiger partial charge in [-0.2, -0.15) is 26.3 Å². The molecule has 2 aromatic rings. The number of anilines is 1. The molecule has 3 rings (SSSR count). The van der Waals surface area contributed by atoms with E-state index in [1.165, 1.54) is 4.90 Å². The Morgan fingerprint density at radius 3 is 2.22 bits per heavy atom. The van der Waals surface area contributed by atoms with Gasteiger partial charge in [-0.1, -0.05) is 17.7 Å². The molecule has 2 amide bonds. The lowest BCUT2D eigenvalue weighted by molar-refractivity contribution is -0.143. The molecular formula is C24H23ClF6N2O4. The zero-order valence-electron chi connectivity index (χ0n) is 19.7. The zero-order valence-corrected chi connectivity index (χ0v) is 20.4. The van der Waals surface area contributed by atoms with E-state index in [0.717, 1.165) is 0 Å². The van der Waals surface area contributed by atoms with Gasteiger partial charge in [0.1, 0.15) is 0 Å². The fourth-order valence-corrected chi connectivity index (χ4v) is 4.21. The molecule has 0 saturated heterocycles. The average molecular weight is 553 g/mol. The minimum Gasteiger partial charge on any atom is -0.449 e. The predicted octanol–water partition coefficient (Wildman–Crippen LogP) is 7.14. The van der Waals surface area contributed by atoms with Gasteiger partial charge >= 0.3 is 24.5 Å². The van der Waals surface area contributed by atoms with Gasteiger partial charge < -0.3 is 14.8 Å². The van der Waals surface area contributed by atoms with Crippen LogP contribution in [0.25, 0.3) is 0 Å². The molecule has 1 N–H and O–H groups in total. The second-order valence-electron chi connectivity index (χ2n) is 8.35. The van der Waals surface area contributed by atoms with E-state index in [1.807, 2.05) is 0 Å². The van der Waals surface area contributed by atoms with Crippen molar-refractivity contribution in [1.82, 2.24) is 5.32 Å². The van der Waals surface area contributed by atoms with Gasteiger partial charge in [-0.15, -0.1) is 0 Å². The number of fused-ring (bicyclic) bond motifs is 1. The Hall–Kier alpha value is -3.15. The van der Waals surface area contributed by atoms with Crippen LogP contribution in [-0.4, -0.2) is 31.4 Å². The van der Waals surface area contributed by atoms with E-state index in [0.29, 0.717) is 28.4 Å². The number of nitrogens with one attached hydrogen (secondary N) is 1. The van der Waals surface area contributed by atoms with Gasteiger partial charge in [0.2, 0.25) is 0 Å². The molecule has 0 unspecified atom stereocenters. The first-order valence-corrected chi connectivity index (χ1v) is 11.6. The van der Waals surface area contributed by atoms with Crippen molar-refractivity contribution in [2.45, 2.75) is 51.1 Å². The Morgan fingerprint density at radius 2 is 1.65 bits per heavy atom. The molecule has 202 valence electrons. The molecule has 0 fully saturated rings. The van der Waals surface area contributed by atoms with Crippen LogP contribution in [-0.2, 0) is 28.2 Å². The van der Waals surface area contributed by atoms with E-state index < -0.39 is 54.4 Å². The van der Waals surface area contributed by atoms with Crippen molar-refractivity contribution < 1.29 is 45.4 Å². The number of amides is 2. The molecule has 1 aliphatic heterocycles. The van der Waals surface area contributed by atoms with Crippen LogP contribution in [0.2, 0.25) is 5.02 Å². The Morgan fingerprint density at radius 1 is 1.03 bits per heavy atom. The maximum Gasteiger partial charge on any atom is 0.416 e. The van der Waals surface area contributed by atoms with Gasteiger partial charge in [0.05, 0.1) is 36.1 Å². The van der Waals surface area contributed by atoms with Crippen LogP contribution in [0.15, 0.2) is 36.4 Å².